The molecule has 1 aromatic rings. The molecule has 2 fully saturated rings. The van der Waals surface area contributed by atoms with E-state index < -0.39 is 62.4 Å². The van der Waals surface area contributed by atoms with Gasteiger partial charge in [0.2, 0.25) is 0 Å². The van der Waals surface area contributed by atoms with E-state index in [9.17, 15) is 10.1 Å². The highest BCUT2D eigenvalue weighted by Gasteiger charge is 2.92. The molecule has 6 rings (SSSR count). The Kier molecular flexibility index (Phi) is 6.32. The van der Waals surface area contributed by atoms with Gasteiger partial charge in [-0.05, 0) is 11.1 Å². The van der Waals surface area contributed by atoms with E-state index in [1.54, 1.807) is 0 Å². The lowest BCUT2D eigenvalue weighted by Gasteiger charge is -2.52. The molecule has 1 aromatic carbocycles. The second kappa shape index (κ2) is 8.00. The Morgan fingerprint density at radius 2 is 1.00 bits per heavy atom. The first-order valence-electron chi connectivity index (χ1n) is 10.0. The summed E-state index contributed by atoms with van der Waals surface area (Å²) in [4.78, 5) is 3.65. The Bertz CT molecular complexity index is 1440. The summed E-state index contributed by atoms with van der Waals surface area (Å²) >= 11 is 96.2. The van der Waals surface area contributed by atoms with Crippen molar-refractivity contribution >= 4 is 168 Å². The molecule has 0 spiro atoms. The highest BCUT2D eigenvalue weighted by atomic mass is 35.5. The summed E-state index contributed by atoms with van der Waals surface area (Å²) in [6, 6.07) is 1.20. The minimum absolute atomic E-state index is 0.129. The largest absolute Gasteiger partial charge is 0.289 e. The number of allylic oxidation sites excluding steroid dienone is 4. The lowest BCUT2D eigenvalue weighted by atomic mass is 9.57. The van der Waals surface area contributed by atoms with Crippen molar-refractivity contribution in [1.29, 1.82) is 0 Å². The molecule has 2 saturated carbocycles. The van der Waals surface area contributed by atoms with E-state index >= 15 is 0 Å². The van der Waals surface area contributed by atoms with Gasteiger partial charge >= 0.3 is 0 Å². The number of alkyl halides is 8. The van der Waals surface area contributed by atoms with Crippen LogP contribution in [0, 0.1) is 22.0 Å². The molecule has 0 aromatic heterocycles. The minimum Gasteiger partial charge on any atom is -0.258 e. The van der Waals surface area contributed by atoms with Crippen molar-refractivity contribution in [1.82, 2.24) is 0 Å². The molecular weight excluding hydrogens is 783 g/mol. The average Bonchev–Trinajstić information content (AvgIpc) is 3.15. The maximum Gasteiger partial charge on any atom is 0.289 e. The van der Waals surface area contributed by atoms with E-state index in [-0.39, 0.29) is 41.3 Å². The smallest absolute Gasteiger partial charge is 0.258 e. The maximum atomic E-state index is 11.9. The van der Waals surface area contributed by atoms with Gasteiger partial charge in [-0.15, -0.1) is 46.4 Å². The van der Waals surface area contributed by atoms with Crippen LogP contribution in [0.15, 0.2) is 26.2 Å². The molecule has 0 radical (unpaired) electrons. The van der Waals surface area contributed by atoms with Crippen molar-refractivity contribution in [2.45, 2.75) is 40.0 Å². The Morgan fingerprint density at radius 1 is 0.622 bits per heavy atom. The third-order valence-corrected chi connectivity index (χ3v) is 17.9. The first-order chi connectivity index (χ1) is 16.7. The molecule has 8 unspecified atom stereocenters. The fourth-order valence-corrected chi connectivity index (χ4v) is 13.7. The van der Waals surface area contributed by atoms with E-state index in [1.165, 1.54) is 6.07 Å². The summed E-state index contributed by atoms with van der Waals surface area (Å²) < 4.78 is -4.14. The fourth-order valence-electron chi connectivity index (χ4n) is 7.10. The minimum atomic E-state index is -2.07. The Labute approximate surface area is 279 Å². The molecule has 200 valence electrons. The monoisotopic (exact) mass is 781 g/mol. The summed E-state index contributed by atoms with van der Waals surface area (Å²) in [5.74, 6) is -4.16. The Balaban J connectivity index is 1.84. The van der Waals surface area contributed by atoms with Gasteiger partial charge in [0.25, 0.3) is 5.69 Å². The number of nitrogens with zero attached hydrogens (tertiary/aromatic N) is 1. The molecular formula is C20H5Cl14NO2. The van der Waals surface area contributed by atoms with Crippen LogP contribution < -0.4 is 0 Å². The van der Waals surface area contributed by atoms with Crippen LogP contribution in [0.4, 0.5) is 5.69 Å². The van der Waals surface area contributed by atoms with E-state index in [2.05, 4.69) is 0 Å². The number of nitro groups is 1. The number of hydrogen-bond donors (Lipinski definition) is 0. The first kappa shape index (κ1) is 29.2. The van der Waals surface area contributed by atoms with Gasteiger partial charge in [-0.25, -0.2) is 0 Å². The molecule has 0 aliphatic heterocycles. The summed E-state index contributed by atoms with van der Waals surface area (Å²) in [7, 11) is 0. The van der Waals surface area contributed by atoms with Crippen LogP contribution in [0.25, 0.3) is 0 Å². The van der Waals surface area contributed by atoms with Crippen LogP contribution in [0.2, 0.25) is 10.0 Å². The van der Waals surface area contributed by atoms with Crippen molar-refractivity contribution < 1.29 is 4.92 Å². The fraction of sp³-hybridized carbons (Fsp3) is 0.500. The van der Waals surface area contributed by atoms with Crippen molar-refractivity contribution in [3.05, 3.63) is 57.5 Å². The average molecular weight is 788 g/mol. The zero-order valence-corrected chi connectivity index (χ0v) is 27.5. The van der Waals surface area contributed by atoms with Crippen molar-refractivity contribution in [2.75, 3.05) is 0 Å². The molecule has 5 aliphatic carbocycles. The predicted molar refractivity (Wildman–Crippen MR) is 156 cm³/mol. The number of benzene rings is 1. The van der Waals surface area contributed by atoms with Crippen LogP contribution in [0.3, 0.4) is 0 Å². The standard InChI is InChI=1S/C20H5Cl14NO2/c21-9-3(35(36)37)1-2-4(10(9)22)6-8(18(30)14(26)12(24)16(6,28)20(18,33)34)7-5(2)15(27)11(23)13(25)17(7,29)19(15,31)32/h1,5-8H. The van der Waals surface area contributed by atoms with Gasteiger partial charge in [0.05, 0.1) is 30.1 Å². The first-order valence-corrected chi connectivity index (χ1v) is 15.3. The zero-order chi connectivity index (χ0) is 27.8. The predicted octanol–water partition coefficient (Wildman–Crippen LogP) is 11.0. The van der Waals surface area contributed by atoms with Gasteiger partial charge in [-0.1, -0.05) is 116 Å². The maximum absolute atomic E-state index is 11.9. The molecule has 3 nitrogen and oxygen atoms in total. The van der Waals surface area contributed by atoms with E-state index in [0.717, 1.165) is 0 Å². The van der Waals surface area contributed by atoms with Crippen LogP contribution >= 0.6 is 162 Å². The molecule has 17 heteroatoms. The number of fused-ring (bicyclic) bond motifs is 14. The highest BCUT2D eigenvalue weighted by molar-refractivity contribution is 6.68. The summed E-state index contributed by atoms with van der Waals surface area (Å²) in [6.45, 7) is 0. The van der Waals surface area contributed by atoms with Crippen molar-refractivity contribution in [3.63, 3.8) is 0 Å². The molecule has 0 heterocycles. The SMILES string of the molecule is O=[N+]([O-])c1cc2c(c(Cl)c1Cl)C1C(C3C2C2(Cl)C(Cl)=C(Cl)C3(Cl)C2(Cl)Cl)C2(Cl)C(Cl)=C(Cl)C1(Cl)C2(Cl)Cl. The van der Waals surface area contributed by atoms with Gasteiger partial charge in [-0.2, -0.15) is 0 Å². The van der Waals surface area contributed by atoms with Gasteiger partial charge < -0.3 is 0 Å². The number of rotatable bonds is 1. The second-order valence-electron chi connectivity index (χ2n) is 9.54. The molecule has 0 saturated heterocycles. The van der Waals surface area contributed by atoms with Gasteiger partial charge in [0.1, 0.15) is 24.5 Å². The van der Waals surface area contributed by atoms with Gasteiger partial charge in [0.15, 0.2) is 8.67 Å². The van der Waals surface area contributed by atoms with Crippen molar-refractivity contribution in [3.8, 4) is 0 Å². The molecule has 0 amide bonds. The lowest BCUT2D eigenvalue weighted by molar-refractivity contribution is -0.384. The molecule has 5 aliphatic rings. The van der Waals surface area contributed by atoms with E-state index in [0.29, 0.717) is 0 Å². The molecule has 8 atom stereocenters. The summed E-state index contributed by atoms with van der Waals surface area (Å²) in [5, 5.41) is 10.8. The highest BCUT2D eigenvalue weighted by Crippen LogP contribution is 2.89. The van der Waals surface area contributed by atoms with Gasteiger partial charge in [-0.3, -0.25) is 10.1 Å². The molecule has 0 N–H and O–H groups in total. The summed E-state index contributed by atoms with van der Waals surface area (Å²) in [6.07, 6.45) is 0. The second-order valence-corrected chi connectivity index (χ2v) is 16.8. The lowest BCUT2D eigenvalue weighted by Crippen LogP contribution is -2.53. The summed E-state index contributed by atoms with van der Waals surface area (Å²) in [5.41, 5.74) is -0.132. The molecule has 37 heavy (non-hydrogen) atoms. The third kappa shape index (κ3) is 2.61. The number of hydrogen-bond acceptors (Lipinski definition) is 2. The zero-order valence-electron chi connectivity index (χ0n) is 16.9. The van der Waals surface area contributed by atoms with Crippen LogP contribution in [-0.2, 0) is 0 Å². The molecule has 4 bridgehead atoms. The van der Waals surface area contributed by atoms with Crippen LogP contribution in [-0.4, -0.2) is 33.1 Å². The van der Waals surface area contributed by atoms with Crippen molar-refractivity contribution in [2.24, 2.45) is 11.8 Å². The van der Waals surface area contributed by atoms with Crippen LogP contribution in [0.1, 0.15) is 23.0 Å². The third-order valence-electron chi connectivity index (χ3n) is 8.47. The van der Waals surface area contributed by atoms with E-state index in [4.69, 9.17) is 162 Å². The van der Waals surface area contributed by atoms with Crippen LogP contribution in [0.5, 0.6) is 0 Å². The number of nitro benzene ring substituents is 1. The Hall–Kier alpha value is 2.16. The number of halogens is 14. The van der Waals surface area contributed by atoms with Gasteiger partial charge in [0, 0.05) is 29.7 Å². The quantitative estimate of drug-likeness (QED) is 0.162. The van der Waals surface area contributed by atoms with E-state index in [1.807, 2.05) is 0 Å². The topological polar surface area (TPSA) is 43.1 Å². The Morgan fingerprint density at radius 3 is 1.43 bits per heavy atom. The normalized spacial score (nSPS) is 45.9.